The van der Waals surface area contributed by atoms with Crippen molar-refractivity contribution in [3.63, 3.8) is 0 Å². The molecular weight excluding hydrogens is 271 g/mol. The molecule has 1 heterocycles. The first-order valence-corrected chi connectivity index (χ1v) is 6.52. The average molecular weight is 281 g/mol. The number of thiophene rings is 1. The van der Waals surface area contributed by atoms with E-state index in [-0.39, 0.29) is 5.82 Å². The third-order valence-corrected chi connectivity index (χ3v) is 3.66. The monoisotopic (exact) mass is 280 g/mol. The fraction of sp³-hybridized carbons (Fsp3) is 0.154. The molecule has 0 aliphatic carbocycles. The zero-order chi connectivity index (χ0) is 13.0. The molecule has 0 aliphatic rings. The van der Waals surface area contributed by atoms with Crippen LogP contribution >= 0.6 is 22.9 Å². The van der Waals surface area contributed by atoms with E-state index in [1.54, 1.807) is 0 Å². The van der Waals surface area contributed by atoms with Gasteiger partial charge < -0.3 is 5.32 Å². The lowest BCUT2D eigenvalue weighted by Gasteiger charge is -2.05. The maximum absolute atomic E-state index is 13.1. The predicted octanol–water partition coefficient (Wildman–Crippen LogP) is 3.70. The van der Waals surface area contributed by atoms with E-state index in [4.69, 9.17) is 16.9 Å². The van der Waals surface area contributed by atoms with Crippen LogP contribution in [0.2, 0.25) is 4.34 Å². The number of rotatable bonds is 4. The van der Waals surface area contributed by atoms with Crippen molar-refractivity contribution in [3.8, 4) is 6.07 Å². The number of benzene rings is 1. The van der Waals surface area contributed by atoms with E-state index in [1.807, 2.05) is 12.1 Å². The molecule has 0 saturated heterocycles. The molecule has 1 aromatic carbocycles. The molecule has 0 atom stereocenters. The van der Waals surface area contributed by atoms with E-state index in [0.29, 0.717) is 24.2 Å². The van der Waals surface area contributed by atoms with Crippen molar-refractivity contribution < 1.29 is 4.39 Å². The van der Waals surface area contributed by atoms with Gasteiger partial charge in [0.05, 0.1) is 16.0 Å². The van der Waals surface area contributed by atoms with Crippen molar-refractivity contribution >= 4 is 22.9 Å². The first kappa shape index (κ1) is 13.0. The average Bonchev–Trinajstić information content (AvgIpc) is 2.75. The fourth-order valence-electron chi connectivity index (χ4n) is 1.58. The Morgan fingerprint density at radius 2 is 2.11 bits per heavy atom. The molecule has 2 nitrogen and oxygen atoms in total. The van der Waals surface area contributed by atoms with E-state index >= 15 is 0 Å². The second kappa shape index (κ2) is 5.96. The van der Waals surface area contributed by atoms with Gasteiger partial charge in [0.15, 0.2) is 0 Å². The zero-order valence-electron chi connectivity index (χ0n) is 9.41. The summed E-state index contributed by atoms with van der Waals surface area (Å²) in [5.41, 5.74) is 1.16. The number of hydrogen-bond donors (Lipinski definition) is 1. The molecule has 92 valence electrons. The Kier molecular flexibility index (Phi) is 4.32. The van der Waals surface area contributed by atoms with Crippen LogP contribution in [0.25, 0.3) is 0 Å². The molecule has 0 unspecified atom stereocenters. The number of nitriles is 1. The standard InChI is InChI=1S/C13H10ClFN2S/c14-13-4-3-12(18-13)8-17-7-10-5-11(15)2-1-9(10)6-16/h1-5,17H,7-8H2. The van der Waals surface area contributed by atoms with E-state index in [1.165, 1.54) is 29.5 Å². The van der Waals surface area contributed by atoms with Gasteiger partial charge >= 0.3 is 0 Å². The molecule has 0 spiro atoms. The molecule has 2 rings (SSSR count). The van der Waals surface area contributed by atoms with Crippen LogP contribution in [-0.4, -0.2) is 0 Å². The summed E-state index contributed by atoms with van der Waals surface area (Å²) in [4.78, 5) is 1.11. The van der Waals surface area contributed by atoms with E-state index < -0.39 is 0 Å². The van der Waals surface area contributed by atoms with Crippen LogP contribution in [0.5, 0.6) is 0 Å². The van der Waals surface area contributed by atoms with Crippen LogP contribution in [0.1, 0.15) is 16.0 Å². The Labute approximate surface area is 114 Å². The van der Waals surface area contributed by atoms with Crippen molar-refractivity contribution in [2.45, 2.75) is 13.1 Å². The first-order valence-electron chi connectivity index (χ1n) is 5.32. The minimum atomic E-state index is -0.329. The van der Waals surface area contributed by atoms with Gasteiger partial charge in [-0.2, -0.15) is 5.26 Å². The highest BCUT2D eigenvalue weighted by atomic mass is 35.5. The molecule has 2 aromatic rings. The molecule has 5 heteroatoms. The van der Waals surface area contributed by atoms with Gasteiger partial charge in [-0.3, -0.25) is 0 Å². The van der Waals surface area contributed by atoms with Crippen LogP contribution in [0.4, 0.5) is 4.39 Å². The number of halogens is 2. The lowest BCUT2D eigenvalue weighted by molar-refractivity contribution is 0.620. The minimum Gasteiger partial charge on any atom is -0.308 e. The summed E-state index contributed by atoms with van der Waals surface area (Å²) in [7, 11) is 0. The van der Waals surface area contributed by atoms with Gasteiger partial charge in [0, 0.05) is 18.0 Å². The predicted molar refractivity (Wildman–Crippen MR) is 71.0 cm³/mol. The molecule has 0 fully saturated rings. The van der Waals surface area contributed by atoms with Gasteiger partial charge in [0.25, 0.3) is 0 Å². The third-order valence-electron chi connectivity index (χ3n) is 2.43. The highest BCUT2D eigenvalue weighted by Gasteiger charge is 2.04. The van der Waals surface area contributed by atoms with Crippen molar-refractivity contribution in [2.75, 3.05) is 0 Å². The van der Waals surface area contributed by atoms with Gasteiger partial charge in [-0.25, -0.2) is 4.39 Å². The van der Waals surface area contributed by atoms with Crippen LogP contribution in [0.3, 0.4) is 0 Å². The maximum Gasteiger partial charge on any atom is 0.123 e. The van der Waals surface area contributed by atoms with Crippen LogP contribution in [0, 0.1) is 17.1 Å². The maximum atomic E-state index is 13.1. The Morgan fingerprint density at radius 3 is 2.78 bits per heavy atom. The highest BCUT2D eigenvalue weighted by Crippen LogP contribution is 2.21. The summed E-state index contributed by atoms with van der Waals surface area (Å²) in [5, 5.41) is 12.1. The zero-order valence-corrected chi connectivity index (χ0v) is 11.0. The molecule has 0 bridgehead atoms. The molecule has 18 heavy (non-hydrogen) atoms. The quantitative estimate of drug-likeness (QED) is 0.927. The van der Waals surface area contributed by atoms with Gasteiger partial charge in [-0.05, 0) is 35.9 Å². The highest BCUT2D eigenvalue weighted by molar-refractivity contribution is 7.16. The van der Waals surface area contributed by atoms with Crippen molar-refractivity contribution in [1.82, 2.24) is 5.32 Å². The lowest BCUT2D eigenvalue weighted by atomic mass is 10.1. The Morgan fingerprint density at radius 1 is 1.28 bits per heavy atom. The van der Waals surface area contributed by atoms with Crippen LogP contribution in [0.15, 0.2) is 30.3 Å². The molecule has 0 amide bonds. The summed E-state index contributed by atoms with van der Waals surface area (Å²) < 4.78 is 13.8. The number of nitrogens with zero attached hydrogens (tertiary/aromatic N) is 1. The second-order valence-corrected chi connectivity index (χ2v) is 5.52. The molecule has 0 radical (unpaired) electrons. The van der Waals surface area contributed by atoms with Crippen molar-refractivity contribution in [3.05, 3.63) is 56.5 Å². The fourth-order valence-corrected chi connectivity index (χ4v) is 2.64. The Hall–Kier alpha value is -1.41. The molecular formula is C13H10ClFN2S. The first-order chi connectivity index (χ1) is 8.69. The minimum absolute atomic E-state index is 0.329. The summed E-state index contributed by atoms with van der Waals surface area (Å²) in [6.07, 6.45) is 0. The van der Waals surface area contributed by atoms with E-state index in [2.05, 4.69) is 11.4 Å². The van der Waals surface area contributed by atoms with Gasteiger partial charge in [-0.15, -0.1) is 11.3 Å². The van der Waals surface area contributed by atoms with E-state index in [9.17, 15) is 4.39 Å². The molecule has 0 aliphatic heterocycles. The second-order valence-electron chi connectivity index (χ2n) is 3.72. The van der Waals surface area contributed by atoms with E-state index in [0.717, 1.165) is 9.21 Å². The smallest absolute Gasteiger partial charge is 0.123 e. The van der Waals surface area contributed by atoms with Crippen molar-refractivity contribution in [1.29, 1.82) is 5.26 Å². The molecule has 1 aromatic heterocycles. The summed E-state index contributed by atoms with van der Waals surface area (Å²) in [6, 6.07) is 10.0. The summed E-state index contributed by atoms with van der Waals surface area (Å²) in [6.45, 7) is 1.11. The summed E-state index contributed by atoms with van der Waals surface area (Å²) >= 11 is 7.32. The topological polar surface area (TPSA) is 35.8 Å². The number of nitrogens with one attached hydrogen (secondary N) is 1. The van der Waals surface area contributed by atoms with Gasteiger partial charge in [-0.1, -0.05) is 11.6 Å². The Bertz CT molecular complexity index is 589. The Balaban J connectivity index is 1.98. The van der Waals surface area contributed by atoms with Gasteiger partial charge in [0.2, 0.25) is 0 Å². The lowest BCUT2D eigenvalue weighted by Crippen LogP contribution is -2.13. The van der Waals surface area contributed by atoms with Crippen LogP contribution < -0.4 is 5.32 Å². The number of hydrogen-bond acceptors (Lipinski definition) is 3. The molecule has 1 N–H and O–H groups in total. The normalized spacial score (nSPS) is 10.3. The molecule has 0 saturated carbocycles. The summed E-state index contributed by atoms with van der Waals surface area (Å²) in [5.74, 6) is -0.329. The SMILES string of the molecule is N#Cc1ccc(F)cc1CNCc1ccc(Cl)s1. The van der Waals surface area contributed by atoms with Crippen LogP contribution in [-0.2, 0) is 13.1 Å². The van der Waals surface area contributed by atoms with Crippen molar-refractivity contribution in [2.24, 2.45) is 0 Å². The largest absolute Gasteiger partial charge is 0.308 e. The third kappa shape index (κ3) is 3.30. The van der Waals surface area contributed by atoms with Gasteiger partial charge in [0.1, 0.15) is 5.82 Å².